The van der Waals surface area contributed by atoms with Crippen LogP contribution in [0.15, 0.2) is 54.9 Å². The van der Waals surface area contributed by atoms with Gasteiger partial charge in [0.1, 0.15) is 6.29 Å². The van der Waals surface area contributed by atoms with Gasteiger partial charge in [-0.25, -0.2) is 14.8 Å². The van der Waals surface area contributed by atoms with Crippen molar-refractivity contribution < 1.29 is 14.3 Å². The van der Waals surface area contributed by atoms with Gasteiger partial charge in [-0.05, 0) is 23.3 Å². The average Bonchev–Trinajstić information content (AvgIpc) is 3.20. The van der Waals surface area contributed by atoms with E-state index in [-0.39, 0.29) is 0 Å². The van der Waals surface area contributed by atoms with E-state index >= 15 is 0 Å². The summed E-state index contributed by atoms with van der Waals surface area (Å²) < 4.78 is 4.71. The number of nitrogens with one attached hydrogen (secondary N) is 1. The molecule has 31 heavy (non-hydrogen) atoms. The highest BCUT2D eigenvalue weighted by Crippen LogP contribution is 2.32. The van der Waals surface area contributed by atoms with Gasteiger partial charge < -0.3 is 14.6 Å². The summed E-state index contributed by atoms with van der Waals surface area (Å²) in [4.78, 5) is 37.1. The predicted molar refractivity (Wildman–Crippen MR) is 117 cm³/mol. The third-order valence-corrected chi connectivity index (χ3v) is 5.67. The zero-order valence-electron chi connectivity index (χ0n) is 17.0. The number of rotatable bonds is 4. The summed E-state index contributed by atoms with van der Waals surface area (Å²) in [5, 5.41) is 1.17. The Hall–Kier alpha value is -4.00. The van der Waals surface area contributed by atoms with Crippen molar-refractivity contribution in [2.75, 3.05) is 18.6 Å². The highest BCUT2D eigenvalue weighted by atomic mass is 16.5. The van der Waals surface area contributed by atoms with Crippen molar-refractivity contribution in [3.63, 3.8) is 0 Å². The molecule has 154 valence electrons. The molecule has 2 aromatic heterocycles. The van der Waals surface area contributed by atoms with E-state index in [4.69, 9.17) is 4.74 Å². The lowest BCUT2D eigenvalue weighted by Gasteiger charge is -2.27. The fraction of sp³-hybridized carbons (Fsp3) is 0.167. The molecule has 1 N–H and O–H groups in total. The van der Waals surface area contributed by atoms with Crippen molar-refractivity contribution in [3.8, 4) is 11.1 Å². The fourth-order valence-electron chi connectivity index (χ4n) is 4.07. The second-order valence-electron chi connectivity index (χ2n) is 7.52. The Morgan fingerprint density at radius 3 is 2.71 bits per heavy atom. The number of H-pyrrole nitrogens is 1. The Labute approximate surface area is 178 Å². The SMILES string of the molecule is COC(=O)c1cnc(N2CCc3[nH]c4cc(-c5cccc(C=O)c5)ccc4c3C2)nc1. The highest BCUT2D eigenvalue weighted by molar-refractivity contribution is 5.90. The Morgan fingerprint density at radius 1 is 1.13 bits per heavy atom. The van der Waals surface area contributed by atoms with Gasteiger partial charge in [-0.3, -0.25) is 4.79 Å². The average molecular weight is 412 g/mol. The second kappa shape index (κ2) is 7.68. The maximum Gasteiger partial charge on any atom is 0.341 e. The van der Waals surface area contributed by atoms with Crippen LogP contribution in [0.5, 0.6) is 0 Å². The third kappa shape index (κ3) is 3.44. The summed E-state index contributed by atoms with van der Waals surface area (Å²) in [7, 11) is 1.34. The van der Waals surface area contributed by atoms with Gasteiger partial charge in [0.05, 0.1) is 12.7 Å². The van der Waals surface area contributed by atoms with Gasteiger partial charge in [0.15, 0.2) is 0 Å². The lowest BCUT2D eigenvalue weighted by Crippen LogP contribution is -2.31. The maximum atomic E-state index is 11.6. The zero-order chi connectivity index (χ0) is 21.4. The summed E-state index contributed by atoms with van der Waals surface area (Å²) in [6.45, 7) is 1.47. The van der Waals surface area contributed by atoms with Crippen LogP contribution in [0.2, 0.25) is 0 Å². The van der Waals surface area contributed by atoms with E-state index in [1.807, 2.05) is 18.2 Å². The van der Waals surface area contributed by atoms with E-state index < -0.39 is 5.97 Å². The number of benzene rings is 2. The van der Waals surface area contributed by atoms with Crippen LogP contribution in [0.4, 0.5) is 5.95 Å². The quantitative estimate of drug-likeness (QED) is 0.405. The first-order valence-electron chi connectivity index (χ1n) is 10.0. The molecule has 7 nitrogen and oxygen atoms in total. The van der Waals surface area contributed by atoms with Crippen LogP contribution in [-0.2, 0) is 17.7 Å². The molecule has 5 rings (SSSR count). The van der Waals surface area contributed by atoms with Gasteiger partial charge in [0, 0.05) is 59.6 Å². The van der Waals surface area contributed by atoms with Crippen LogP contribution in [0.3, 0.4) is 0 Å². The van der Waals surface area contributed by atoms with Crippen molar-refractivity contribution in [3.05, 3.63) is 77.2 Å². The first kappa shape index (κ1) is 19.0. The van der Waals surface area contributed by atoms with Crippen molar-refractivity contribution in [2.45, 2.75) is 13.0 Å². The molecule has 0 radical (unpaired) electrons. The van der Waals surface area contributed by atoms with Crippen LogP contribution in [0.25, 0.3) is 22.0 Å². The Bertz CT molecular complexity index is 1290. The largest absolute Gasteiger partial charge is 0.465 e. The van der Waals surface area contributed by atoms with Crippen molar-refractivity contribution in [1.82, 2.24) is 15.0 Å². The lowest BCUT2D eigenvalue weighted by molar-refractivity contribution is 0.0599. The summed E-state index contributed by atoms with van der Waals surface area (Å²) in [6, 6.07) is 13.9. The molecule has 7 heteroatoms. The van der Waals surface area contributed by atoms with E-state index in [1.54, 1.807) is 6.07 Å². The van der Waals surface area contributed by atoms with Gasteiger partial charge >= 0.3 is 5.97 Å². The number of nitrogens with zero attached hydrogens (tertiary/aromatic N) is 3. The van der Waals surface area contributed by atoms with Gasteiger partial charge in [-0.2, -0.15) is 0 Å². The summed E-state index contributed by atoms with van der Waals surface area (Å²) in [5.74, 6) is 0.147. The Morgan fingerprint density at radius 2 is 1.94 bits per heavy atom. The number of aromatic nitrogens is 3. The Balaban J connectivity index is 1.44. The second-order valence-corrected chi connectivity index (χ2v) is 7.52. The van der Waals surface area contributed by atoms with Crippen LogP contribution in [0, 0.1) is 0 Å². The molecule has 0 saturated carbocycles. The normalized spacial score (nSPS) is 13.1. The van der Waals surface area contributed by atoms with E-state index in [0.29, 0.717) is 23.6 Å². The minimum atomic E-state index is -0.446. The number of esters is 1. The van der Waals surface area contributed by atoms with E-state index in [0.717, 1.165) is 35.9 Å². The third-order valence-electron chi connectivity index (χ3n) is 5.67. The molecular formula is C24H20N4O3. The number of methoxy groups -OCH3 is 1. The topological polar surface area (TPSA) is 88.2 Å². The number of aldehydes is 1. The van der Waals surface area contributed by atoms with Gasteiger partial charge in [0.2, 0.25) is 5.95 Å². The molecule has 3 heterocycles. The number of hydrogen-bond acceptors (Lipinski definition) is 6. The number of aromatic amines is 1. The standard InChI is InChI=1S/C24H20N4O3/c1-31-23(30)18-11-25-24(26-12-18)28-8-7-21-20(13-28)19-6-5-17(10-22(19)27-21)16-4-2-3-15(9-16)14-29/h2-6,9-12,14,27H,7-8,13H2,1H3. The number of carbonyl (C=O) groups excluding carboxylic acids is 2. The number of fused-ring (bicyclic) bond motifs is 3. The molecule has 0 unspecified atom stereocenters. The smallest absolute Gasteiger partial charge is 0.341 e. The first-order chi connectivity index (χ1) is 15.2. The van der Waals surface area contributed by atoms with E-state index in [9.17, 15) is 9.59 Å². The molecule has 4 aromatic rings. The number of carbonyl (C=O) groups is 2. The number of anilines is 1. The van der Waals surface area contributed by atoms with Gasteiger partial charge in [-0.15, -0.1) is 0 Å². The molecule has 2 aromatic carbocycles. The Kier molecular flexibility index (Phi) is 4.71. The molecule has 0 spiro atoms. The minimum absolute atomic E-state index is 0.335. The molecule has 0 amide bonds. The van der Waals surface area contributed by atoms with Crippen molar-refractivity contribution >= 4 is 29.1 Å². The molecule has 0 bridgehead atoms. The monoisotopic (exact) mass is 412 g/mol. The van der Waals surface area contributed by atoms with Crippen LogP contribution in [0.1, 0.15) is 32.0 Å². The molecule has 1 aliphatic heterocycles. The van der Waals surface area contributed by atoms with E-state index in [2.05, 4.69) is 38.1 Å². The van der Waals surface area contributed by atoms with Crippen molar-refractivity contribution in [2.24, 2.45) is 0 Å². The van der Waals surface area contributed by atoms with Crippen LogP contribution >= 0.6 is 0 Å². The number of ether oxygens (including phenoxy) is 1. The van der Waals surface area contributed by atoms with Crippen LogP contribution < -0.4 is 4.90 Å². The fourth-order valence-corrected chi connectivity index (χ4v) is 4.07. The zero-order valence-corrected chi connectivity index (χ0v) is 17.0. The molecular weight excluding hydrogens is 392 g/mol. The van der Waals surface area contributed by atoms with Gasteiger partial charge in [-0.1, -0.05) is 30.3 Å². The summed E-state index contributed by atoms with van der Waals surface area (Å²) in [6.07, 6.45) is 4.71. The first-order valence-corrected chi connectivity index (χ1v) is 10.0. The molecule has 1 aliphatic rings. The summed E-state index contributed by atoms with van der Waals surface area (Å²) >= 11 is 0. The maximum absolute atomic E-state index is 11.6. The van der Waals surface area contributed by atoms with Crippen LogP contribution in [-0.4, -0.2) is 40.9 Å². The van der Waals surface area contributed by atoms with E-state index in [1.165, 1.54) is 36.1 Å². The molecule has 0 atom stereocenters. The van der Waals surface area contributed by atoms with Crippen molar-refractivity contribution in [1.29, 1.82) is 0 Å². The lowest BCUT2D eigenvalue weighted by atomic mass is 10.00. The molecule has 0 aliphatic carbocycles. The number of hydrogen-bond donors (Lipinski definition) is 1. The molecule has 0 saturated heterocycles. The minimum Gasteiger partial charge on any atom is -0.465 e. The summed E-state index contributed by atoms with van der Waals surface area (Å²) in [5.41, 5.74) is 6.60. The predicted octanol–water partition coefficient (Wildman–Crippen LogP) is 3.79. The molecule has 0 fully saturated rings. The van der Waals surface area contributed by atoms with Gasteiger partial charge in [0.25, 0.3) is 0 Å². The highest BCUT2D eigenvalue weighted by Gasteiger charge is 2.23.